The van der Waals surface area contributed by atoms with E-state index in [1.54, 1.807) is 23.9 Å². The van der Waals surface area contributed by atoms with Gasteiger partial charge in [-0.25, -0.2) is 4.21 Å². The Labute approximate surface area is 198 Å². The molecule has 6 nitrogen and oxygen atoms in total. The number of rotatable bonds is 8. The summed E-state index contributed by atoms with van der Waals surface area (Å²) in [6, 6.07) is 15.0. The van der Waals surface area contributed by atoms with Crippen molar-refractivity contribution in [3.63, 3.8) is 0 Å². The molecule has 2 atom stereocenters. The molecule has 0 aromatic heterocycles. The molecule has 32 heavy (non-hydrogen) atoms. The minimum Gasteiger partial charge on any atom is -0.483 e. The molecule has 0 saturated heterocycles. The Hall–Kier alpha value is -2.58. The van der Waals surface area contributed by atoms with Crippen LogP contribution in [0.5, 0.6) is 0 Å². The summed E-state index contributed by atoms with van der Waals surface area (Å²) in [7, 11) is -1.28. The van der Waals surface area contributed by atoms with Crippen LogP contribution in [0.15, 0.2) is 64.0 Å². The average molecular weight is 479 g/mol. The van der Waals surface area contributed by atoms with Crippen molar-refractivity contribution in [2.24, 2.45) is 5.73 Å². The van der Waals surface area contributed by atoms with Crippen LogP contribution in [-0.2, 0) is 15.8 Å². The lowest BCUT2D eigenvalue weighted by Gasteiger charge is -2.17. The number of allylic oxidation sites excluding steroid dienone is 2. The summed E-state index contributed by atoms with van der Waals surface area (Å²) in [4.78, 5) is 21.4. The molecule has 2 unspecified atom stereocenters. The van der Waals surface area contributed by atoms with Crippen LogP contribution in [0.4, 0.5) is 0 Å². The Morgan fingerprint density at radius 2 is 1.66 bits per heavy atom. The van der Waals surface area contributed by atoms with Gasteiger partial charge in [-0.15, -0.1) is 11.8 Å². The third kappa shape index (κ3) is 10.2. The minimum absolute atomic E-state index is 0.197. The van der Waals surface area contributed by atoms with Gasteiger partial charge in [-0.05, 0) is 57.0 Å². The van der Waals surface area contributed by atoms with E-state index >= 15 is 0 Å². The van der Waals surface area contributed by atoms with Crippen molar-refractivity contribution in [1.29, 1.82) is 0 Å². The van der Waals surface area contributed by atoms with E-state index in [0.717, 1.165) is 33.0 Å². The Morgan fingerprint density at radius 1 is 1.16 bits per heavy atom. The number of amides is 1. The van der Waals surface area contributed by atoms with E-state index in [1.807, 2.05) is 71.0 Å². The first-order valence-electron chi connectivity index (χ1n) is 10.3. The van der Waals surface area contributed by atoms with Crippen LogP contribution in [0, 0.1) is 6.92 Å². The number of aryl methyl sites for hydroxylation is 1. The number of carbonyl (C=O) groups is 2. The lowest BCUT2D eigenvalue weighted by molar-refractivity contribution is -0.122. The molecule has 2 aromatic carbocycles. The largest absolute Gasteiger partial charge is 0.483 e. The van der Waals surface area contributed by atoms with E-state index in [1.165, 1.54) is 0 Å². The van der Waals surface area contributed by atoms with Gasteiger partial charge in [0.15, 0.2) is 0 Å². The summed E-state index contributed by atoms with van der Waals surface area (Å²) in [5, 5.41) is 7.09. The summed E-state index contributed by atoms with van der Waals surface area (Å²) in [6.45, 7) is 12.0. The van der Waals surface area contributed by atoms with E-state index in [-0.39, 0.29) is 11.7 Å². The molecular weight excluding hydrogens is 444 g/mol. The number of nitrogens with two attached hydrogens (primary N) is 1. The summed E-state index contributed by atoms with van der Waals surface area (Å²) in [6.07, 6.45) is 0.768. The quantitative estimate of drug-likeness (QED) is 0.430. The molecule has 0 radical (unpaired) electrons. The molecule has 0 saturated carbocycles. The van der Waals surface area contributed by atoms with Gasteiger partial charge in [-0.1, -0.05) is 50.6 Å². The Morgan fingerprint density at radius 3 is 2.09 bits per heavy atom. The number of hydrogen-bond acceptors (Lipinski definition) is 4. The van der Waals surface area contributed by atoms with Gasteiger partial charge in [0, 0.05) is 21.4 Å². The summed E-state index contributed by atoms with van der Waals surface area (Å²) in [5.74, 6) is -0.422. The number of benzene rings is 2. The minimum atomic E-state index is -1.28. The first-order valence-corrected chi connectivity index (χ1v) is 12.4. The fourth-order valence-corrected chi connectivity index (χ4v) is 4.80. The lowest BCUT2D eigenvalue weighted by atomic mass is 10.1. The molecule has 0 aliphatic heterocycles. The van der Waals surface area contributed by atoms with E-state index in [4.69, 9.17) is 15.6 Å². The van der Waals surface area contributed by atoms with Crippen molar-refractivity contribution >= 4 is 35.1 Å². The molecule has 8 heteroatoms. The number of thioether (sulfide) groups is 1. The second kappa shape index (κ2) is 16.1. The molecule has 176 valence electrons. The maximum atomic E-state index is 12.6. The molecule has 0 aliphatic carbocycles. The monoisotopic (exact) mass is 478 g/mol. The average Bonchev–Trinajstić information content (AvgIpc) is 2.79. The predicted octanol–water partition coefficient (Wildman–Crippen LogP) is 5.57. The maximum Gasteiger partial charge on any atom is 0.290 e. The number of carbonyl (C=O) groups excluding carboxylic acids is 1. The third-order valence-corrected chi connectivity index (χ3v) is 6.61. The van der Waals surface area contributed by atoms with Crippen molar-refractivity contribution in [1.82, 2.24) is 4.72 Å². The van der Waals surface area contributed by atoms with Gasteiger partial charge in [0.25, 0.3) is 6.47 Å². The standard InChI is InChI=1S/C21H26N2O2S2.C2H6.CH2O2/c1-5-20(23-27(25)19-12-6-14(2)7-13-19)16(4)26-15(3)17-8-10-18(11-9-17)21(22)24;1-2;2-1-3/h6-13,15,23H,5H2,1-4H3,(H2,22,24);1-2H3;1H,(H,2,3)/b20-16+;;. The van der Waals surface area contributed by atoms with Crippen molar-refractivity contribution < 1.29 is 18.9 Å². The second-order valence-corrected chi connectivity index (χ2v) is 9.19. The Balaban J connectivity index is 0.00000177. The van der Waals surface area contributed by atoms with Crippen LogP contribution in [0.1, 0.15) is 67.8 Å². The zero-order valence-corrected chi connectivity index (χ0v) is 21.2. The van der Waals surface area contributed by atoms with Crippen LogP contribution in [-0.4, -0.2) is 21.7 Å². The number of carboxylic acid groups (broad SMARTS) is 1. The molecule has 0 bridgehead atoms. The molecule has 0 spiro atoms. The highest BCUT2D eigenvalue weighted by molar-refractivity contribution is 8.03. The SMILES string of the molecule is CC.CC/C(NS(=O)c1ccc(C)cc1)=C(/C)SC(C)c1ccc(C(N)=O)cc1.O=CO. The zero-order valence-electron chi connectivity index (χ0n) is 19.5. The van der Waals surface area contributed by atoms with Crippen LogP contribution in [0.2, 0.25) is 0 Å². The van der Waals surface area contributed by atoms with Crippen molar-refractivity contribution in [2.45, 2.75) is 58.1 Å². The molecule has 4 N–H and O–H groups in total. The van der Waals surface area contributed by atoms with Gasteiger partial charge >= 0.3 is 0 Å². The number of hydrogen-bond donors (Lipinski definition) is 3. The molecule has 0 fully saturated rings. The topological polar surface area (TPSA) is 109 Å². The van der Waals surface area contributed by atoms with Gasteiger partial charge in [0.05, 0.1) is 4.90 Å². The molecule has 0 heterocycles. The van der Waals surface area contributed by atoms with Crippen LogP contribution >= 0.6 is 11.8 Å². The van der Waals surface area contributed by atoms with Crippen LogP contribution in [0.25, 0.3) is 0 Å². The highest BCUT2D eigenvalue weighted by atomic mass is 32.2. The van der Waals surface area contributed by atoms with Crippen molar-refractivity contribution in [2.75, 3.05) is 0 Å². The van der Waals surface area contributed by atoms with Gasteiger partial charge < -0.3 is 15.6 Å². The van der Waals surface area contributed by atoms with Crippen LogP contribution in [0.3, 0.4) is 0 Å². The number of nitrogens with one attached hydrogen (secondary N) is 1. The van der Waals surface area contributed by atoms with Gasteiger partial charge in [-0.3, -0.25) is 9.59 Å². The van der Waals surface area contributed by atoms with Crippen molar-refractivity contribution in [3.05, 3.63) is 75.8 Å². The van der Waals surface area contributed by atoms with Crippen LogP contribution < -0.4 is 10.5 Å². The normalized spacial score (nSPS) is 12.6. The first kappa shape index (κ1) is 29.4. The van der Waals surface area contributed by atoms with Gasteiger partial charge in [-0.2, -0.15) is 0 Å². The Bertz CT molecular complexity index is 895. The van der Waals surface area contributed by atoms with Gasteiger partial charge in [0.2, 0.25) is 5.91 Å². The molecule has 2 rings (SSSR count). The van der Waals surface area contributed by atoms with E-state index < -0.39 is 16.9 Å². The number of primary amides is 1. The highest BCUT2D eigenvalue weighted by Crippen LogP contribution is 2.35. The summed E-state index contributed by atoms with van der Waals surface area (Å²) >= 11 is 1.71. The van der Waals surface area contributed by atoms with E-state index in [2.05, 4.69) is 11.6 Å². The fraction of sp³-hybridized carbons (Fsp3) is 0.333. The Kier molecular flexibility index (Phi) is 14.8. The van der Waals surface area contributed by atoms with E-state index in [0.29, 0.717) is 5.56 Å². The fourth-order valence-electron chi connectivity index (χ4n) is 2.55. The third-order valence-electron chi connectivity index (χ3n) is 4.25. The highest BCUT2D eigenvalue weighted by Gasteiger charge is 2.13. The molecule has 0 aliphatic rings. The smallest absolute Gasteiger partial charge is 0.290 e. The molecular formula is C24H34N2O4S2. The van der Waals surface area contributed by atoms with Crippen molar-refractivity contribution in [3.8, 4) is 0 Å². The molecule has 1 amide bonds. The molecule has 2 aromatic rings. The summed E-state index contributed by atoms with van der Waals surface area (Å²) < 4.78 is 15.8. The lowest BCUT2D eigenvalue weighted by Crippen LogP contribution is -2.17. The van der Waals surface area contributed by atoms with E-state index in [9.17, 15) is 9.00 Å². The summed E-state index contributed by atoms with van der Waals surface area (Å²) in [5.41, 5.74) is 9.03. The zero-order chi connectivity index (χ0) is 24.7. The first-order chi connectivity index (χ1) is 15.2. The second-order valence-electron chi connectivity index (χ2n) is 6.42. The van der Waals surface area contributed by atoms with Gasteiger partial charge in [0.1, 0.15) is 11.0 Å². The maximum absolute atomic E-state index is 12.6. The predicted molar refractivity (Wildman–Crippen MR) is 135 cm³/mol.